The summed E-state index contributed by atoms with van der Waals surface area (Å²) in [5.74, 6) is 0.425. The Hall–Kier alpha value is -1.40. The number of nitrogens with one attached hydrogen (secondary N) is 1. The van der Waals surface area contributed by atoms with Crippen molar-refractivity contribution in [2.45, 2.75) is 19.5 Å². The van der Waals surface area contributed by atoms with E-state index in [0.29, 0.717) is 11.9 Å². The van der Waals surface area contributed by atoms with Gasteiger partial charge in [-0.25, -0.2) is 0 Å². The molecular weight excluding hydrogens is 284 g/mol. The van der Waals surface area contributed by atoms with Crippen LogP contribution in [0.4, 0.5) is 6.01 Å². The van der Waals surface area contributed by atoms with Gasteiger partial charge in [-0.2, -0.15) is 0 Å². The van der Waals surface area contributed by atoms with Crippen molar-refractivity contribution in [3.05, 3.63) is 40.2 Å². The van der Waals surface area contributed by atoms with E-state index in [0.717, 1.165) is 10.0 Å². The molecule has 0 radical (unpaired) electrons. The van der Waals surface area contributed by atoms with Gasteiger partial charge in [0.15, 0.2) is 0 Å². The van der Waals surface area contributed by atoms with Crippen molar-refractivity contribution >= 4 is 21.9 Å². The average Bonchev–Trinajstić information content (AvgIpc) is 2.77. The van der Waals surface area contributed by atoms with Gasteiger partial charge < -0.3 is 15.5 Å². The van der Waals surface area contributed by atoms with Crippen molar-refractivity contribution in [3.63, 3.8) is 0 Å². The van der Waals surface area contributed by atoms with Gasteiger partial charge >= 0.3 is 6.01 Å². The Morgan fingerprint density at radius 2 is 2.29 bits per heavy atom. The lowest BCUT2D eigenvalue weighted by molar-refractivity contribution is 0.503. The highest BCUT2D eigenvalue weighted by Crippen LogP contribution is 2.21. The van der Waals surface area contributed by atoms with E-state index in [9.17, 15) is 0 Å². The van der Waals surface area contributed by atoms with E-state index < -0.39 is 0 Å². The van der Waals surface area contributed by atoms with Crippen LogP contribution in [0.25, 0.3) is 0 Å². The second-order valence-electron chi connectivity index (χ2n) is 3.63. The Bertz CT molecular complexity index is 500. The lowest BCUT2D eigenvalue weighted by Crippen LogP contribution is -2.06. The van der Waals surface area contributed by atoms with Crippen LogP contribution < -0.4 is 11.1 Å². The Labute approximate surface area is 108 Å². The number of aromatic nitrogens is 2. The molecule has 0 aliphatic rings. The average molecular weight is 297 g/mol. The summed E-state index contributed by atoms with van der Waals surface area (Å²) in [7, 11) is 0. The molecule has 1 heterocycles. The molecule has 0 fully saturated rings. The van der Waals surface area contributed by atoms with Crippen LogP contribution in [0.1, 0.15) is 24.4 Å². The van der Waals surface area contributed by atoms with Gasteiger partial charge in [0, 0.05) is 4.47 Å². The molecule has 17 heavy (non-hydrogen) atoms. The first-order chi connectivity index (χ1) is 8.19. The van der Waals surface area contributed by atoms with Crippen molar-refractivity contribution < 1.29 is 4.42 Å². The molecule has 0 amide bonds. The van der Waals surface area contributed by atoms with E-state index in [1.165, 1.54) is 0 Å². The monoisotopic (exact) mass is 296 g/mol. The minimum Gasteiger partial charge on any atom is -0.407 e. The first kappa shape index (κ1) is 12.1. The smallest absolute Gasteiger partial charge is 0.315 e. The van der Waals surface area contributed by atoms with Crippen molar-refractivity contribution in [2.75, 3.05) is 5.32 Å². The summed E-state index contributed by atoms with van der Waals surface area (Å²) in [5, 5.41) is 10.8. The fraction of sp³-hybridized carbons (Fsp3) is 0.273. The van der Waals surface area contributed by atoms with Crippen LogP contribution in [0.3, 0.4) is 0 Å². The van der Waals surface area contributed by atoms with E-state index in [1.807, 2.05) is 31.2 Å². The van der Waals surface area contributed by atoms with E-state index in [2.05, 4.69) is 31.4 Å². The fourth-order valence-corrected chi connectivity index (χ4v) is 1.86. The summed E-state index contributed by atoms with van der Waals surface area (Å²) >= 11 is 3.44. The zero-order valence-corrected chi connectivity index (χ0v) is 10.9. The van der Waals surface area contributed by atoms with Crippen LogP contribution >= 0.6 is 15.9 Å². The molecule has 1 aromatic heterocycles. The van der Waals surface area contributed by atoms with Gasteiger partial charge in [0.2, 0.25) is 5.89 Å². The van der Waals surface area contributed by atoms with Crippen molar-refractivity contribution in [3.8, 4) is 0 Å². The van der Waals surface area contributed by atoms with Crippen LogP contribution in [0.5, 0.6) is 0 Å². The normalized spacial score (nSPS) is 12.4. The molecule has 0 spiro atoms. The summed E-state index contributed by atoms with van der Waals surface area (Å²) in [6.07, 6.45) is 0. The number of halogens is 1. The van der Waals surface area contributed by atoms with Crippen LogP contribution in [0.2, 0.25) is 0 Å². The number of benzene rings is 1. The van der Waals surface area contributed by atoms with Crippen LogP contribution in [-0.2, 0) is 6.54 Å². The maximum absolute atomic E-state index is 5.39. The summed E-state index contributed by atoms with van der Waals surface area (Å²) < 4.78 is 6.32. The molecule has 3 N–H and O–H groups in total. The Morgan fingerprint density at radius 1 is 1.47 bits per heavy atom. The van der Waals surface area contributed by atoms with Crippen LogP contribution in [-0.4, -0.2) is 10.2 Å². The maximum Gasteiger partial charge on any atom is 0.315 e. The molecule has 2 aromatic rings. The van der Waals surface area contributed by atoms with Crippen molar-refractivity contribution in [1.29, 1.82) is 0 Å². The molecule has 6 heteroatoms. The van der Waals surface area contributed by atoms with Gasteiger partial charge in [0.1, 0.15) is 0 Å². The quantitative estimate of drug-likeness (QED) is 0.906. The second-order valence-corrected chi connectivity index (χ2v) is 4.54. The van der Waals surface area contributed by atoms with Gasteiger partial charge in [-0.05, 0) is 24.6 Å². The molecule has 1 aromatic carbocycles. The predicted molar refractivity (Wildman–Crippen MR) is 68.4 cm³/mol. The Balaban J connectivity index is 2.08. The van der Waals surface area contributed by atoms with E-state index in [-0.39, 0.29) is 12.6 Å². The minimum atomic E-state index is 0.0820. The van der Waals surface area contributed by atoms with E-state index >= 15 is 0 Å². The number of rotatable bonds is 4. The Kier molecular flexibility index (Phi) is 3.75. The molecule has 1 unspecified atom stereocenters. The van der Waals surface area contributed by atoms with Gasteiger partial charge in [-0.15, -0.1) is 5.10 Å². The highest BCUT2D eigenvalue weighted by Gasteiger charge is 2.10. The molecule has 0 aliphatic carbocycles. The standard InChI is InChI=1S/C11H13BrN4O/c1-7(8-3-2-4-9(12)5-8)14-11-16-15-10(6-13)17-11/h2-5,7H,6,13H2,1H3,(H,14,16). The molecule has 5 nitrogen and oxygen atoms in total. The van der Waals surface area contributed by atoms with Gasteiger partial charge in [0.25, 0.3) is 0 Å². The van der Waals surface area contributed by atoms with Crippen molar-refractivity contribution in [2.24, 2.45) is 5.73 Å². The van der Waals surface area contributed by atoms with E-state index in [4.69, 9.17) is 10.2 Å². The zero-order valence-electron chi connectivity index (χ0n) is 9.35. The number of anilines is 1. The maximum atomic E-state index is 5.39. The largest absolute Gasteiger partial charge is 0.407 e. The molecule has 1 atom stereocenters. The molecule has 0 saturated heterocycles. The molecule has 0 aliphatic heterocycles. The molecule has 2 rings (SSSR count). The molecule has 90 valence electrons. The van der Waals surface area contributed by atoms with E-state index in [1.54, 1.807) is 0 Å². The summed E-state index contributed by atoms with van der Waals surface area (Å²) in [6, 6.07) is 8.50. The van der Waals surface area contributed by atoms with Gasteiger partial charge in [-0.3, -0.25) is 0 Å². The Morgan fingerprint density at radius 3 is 2.94 bits per heavy atom. The highest BCUT2D eigenvalue weighted by atomic mass is 79.9. The number of nitrogens with two attached hydrogens (primary N) is 1. The SMILES string of the molecule is CC(Nc1nnc(CN)o1)c1cccc(Br)c1. The minimum absolute atomic E-state index is 0.0820. The van der Waals surface area contributed by atoms with Gasteiger partial charge in [0.05, 0.1) is 12.6 Å². The summed E-state index contributed by atoms with van der Waals surface area (Å²) in [5.41, 5.74) is 6.53. The second kappa shape index (κ2) is 5.29. The lowest BCUT2D eigenvalue weighted by Gasteiger charge is -2.12. The number of nitrogens with zero attached hydrogens (tertiary/aromatic N) is 2. The third-order valence-electron chi connectivity index (χ3n) is 2.33. The molecular formula is C11H13BrN4O. The molecule has 0 bridgehead atoms. The van der Waals surface area contributed by atoms with Gasteiger partial charge in [-0.1, -0.05) is 33.2 Å². The number of hydrogen-bond donors (Lipinski definition) is 2. The zero-order chi connectivity index (χ0) is 12.3. The summed E-state index contributed by atoms with van der Waals surface area (Å²) in [6.45, 7) is 2.27. The summed E-state index contributed by atoms with van der Waals surface area (Å²) in [4.78, 5) is 0. The fourth-order valence-electron chi connectivity index (χ4n) is 1.44. The third kappa shape index (κ3) is 3.04. The van der Waals surface area contributed by atoms with Crippen molar-refractivity contribution in [1.82, 2.24) is 10.2 Å². The van der Waals surface area contributed by atoms with Crippen LogP contribution in [0.15, 0.2) is 33.2 Å². The van der Waals surface area contributed by atoms with Crippen LogP contribution in [0, 0.1) is 0 Å². The lowest BCUT2D eigenvalue weighted by atomic mass is 10.1. The first-order valence-electron chi connectivity index (χ1n) is 5.23. The third-order valence-corrected chi connectivity index (χ3v) is 2.82. The number of hydrogen-bond acceptors (Lipinski definition) is 5. The first-order valence-corrected chi connectivity index (χ1v) is 6.03. The predicted octanol–water partition coefficient (Wildman–Crippen LogP) is 2.46. The highest BCUT2D eigenvalue weighted by molar-refractivity contribution is 9.10. The topological polar surface area (TPSA) is 77.0 Å². The molecule has 0 saturated carbocycles.